The van der Waals surface area contributed by atoms with Crippen molar-refractivity contribution in [2.75, 3.05) is 0 Å². The zero-order chi connectivity index (χ0) is 8.59. The van der Waals surface area contributed by atoms with Gasteiger partial charge in [-0.15, -0.1) is 0 Å². The van der Waals surface area contributed by atoms with Crippen molar-refractivity contribution >= 4 is 0 Å². The van der Waals surface area contributed by atoms with Crippen LogP contribution in [0.1, 0.15) is 34.7 Å². The second kappa shape index (κ2) is 4.34. The molecule has 12 heavy (non-hydrogen) atoms. The van der Waals surface area contributed by atoms with Crippen LogP contribution in [0, 0.1) is 27.7 Å². The Bertz CT molecular complexity index is 244. The van der Waals surface area contributed by atoms with E-state index in [1.807, 2.05) is 0 Å². The van der Waals surface area contributed by atoms with Gasteiger partial charge >= 0.3 is 0 Å². The Morgan fingerprint density at radius 1 is 1.08 bits per heavy atom. The normalized spacial score (nSPS) is 9.75. The van der Waals surface area contributed by atoms with E-state index in [4.69, 9.17) is 0 Å². The van der Waals surface area contributed by atoms with Crippen molar-refractivity contribution in [2.45, 2.75) is 41.0 Å². The van der Waals surface area contributed by atoms with E-state index in [9.17, 15) is 0 Å². The van der Waals surface area contributed by atoms with E-state index in [1.54, 1.807) is 5.56 Å². The van der Waals surface area contributed by atoms with E-state index in [0.717, 1.165) is 0 Å². The molecule has 0 N–H and O–H groups in total. The molecular weight excluding hydrogens is 180 g/mol. The molecule has 0 saturated carbocycles. The van der Waals surface area contributed by atoms with E-state index >= 15 is 0 Å². The van der Waals surface area contributed by atoms with Gasteiger partial charge in [0.05, 0.1) is 0 Å². The van der Waals surface area contributed by atoms with Crippen LogP contribution in [-0.2, 0) is 28.1 Å². The Labute approximate surface area is 90.6 Å². The first-order valence-corrected chi connectivity index (χ1v) is 4.31. The number of hydrogen-bond acceptors (Lipinski definition) is 0. The second-order valence-corrected chi connectivity index (χ2v) is 3.33. The summed E-state index contributed by atoms with van der Waals surface area (Å²) in [7, 11) is 0. The third kappa shape index (κ3) is 1.70. The predicted octanol–water partition coefficient (Wildman–Crippen LogP) is 3.20. The summed E-state index contributed by atoms with van der Waals surface area (Å²) >= 11 is 0. The molecule has 1 heteroatoms. The maximum atomic E-state index is 2.23. The molecule has 0 unspecified atom stereocenters. The van der Waals surface area contributed by atoms with Gasteiger partial charge in [0, 0.05) is 21.7 Å². The van der Waals surface area contributed by atoms with Crippen molar-refractivity contribution in [1.29, 1.82) is 0 Å². The van der Waals surface area contributed by atoms with Crippen LogP contribution in [0.2, 0.25) is 0 Å². The molecule has 0 aromatic heterocycles. The number of rotatable bonds is 1. The van der Waals surface area contributed by atoms with Crippen LogP contribution in [0.3, 0.4) is 0 Å². The summed E-state index contributed by atoms with van der Waals surface area (Å²) in [5.74, 6) is 0. The fourth-order valence-electron chi connectivity index (χ4n) is 1.83. The number of hydrogen-bond donors (Lipinski definition) is 0. The van der Waals surface area contributed by atoms with Gasteiger partial charge in [-0.2, -0.15) is 27.8 Å². The van der Waals surface area contributed by atoms with Gasteiger partial charge in [0.25, 0.3) is 0 Å². The molecule has 1 rings (SSSR count). The van der Waals surface area contributed by atoms with E-state index in [1.165, 1.54) is 28.7 Å². The summed E-state index contributed by atoms with van der Waals surface area (Å²) in [5, 5.41) is 0. The molecule has 0 radical (unpaired) electrons. The molecular formula is C11H17Ti-. The third-order valence-corrected chi connectivity index (χ3v) is 2.95. The van der Waals surface area contributed by atoms with Crippen LogP contribution in [-0.4, -0.2) is 0 Å². The van der Waals surface area contributed by atoms with Crippen molar-refractivity contribution in [3.05, 3.63) is 27.8 Å². The minimum Gasteiger partial charge on any atom is -0.196 e. The minimum absolute atomic E-state index is 0. The fraction of sp³-hybridized carbons (Fsp3) is 0.545. The van der Waals surface area contributed by atoms with Crippen molar-refractivity contribution in [1.82, 2.24) is 0 Å². The Morgan fingerprint density at radius 2 is 1.58 bits per heavy atom. The first kappa shape index (κ1) is 12.1. The molecule has 0 nitrogen and oxygen atoms in total. The Morgan fingerprint density at radius 3 is 1.75 bits per heavy atom. The van der Waals surface area contributed by atoms with Crippen molar-refractivity contribution in [3.63, 3.8) is 0 Å². The summed E-state index contributed by atoms with van der Waals surface area (Å²) in [4.78, 5) is 0. The van der Waals surface area contributed by atoms with Crippen molar-refractivity contribution in [3.8, 4) is 0 Å². The van der Waals surface area contributed by atoms with E-state index in [0.29, 0.717) is 0 Å². The van der Waals surface area contributed by atoms with Gasteiger partial charge in [-0.25, -0.2) is 0 Å². The maximum Gasteiger partial charge on any atom is 0 e. The summed E-state index contributed by atoms with van der Waals surface area (Å²) in [5.41, 5.74) is 7.53. The monoisotopic (exact) mass is 197 g/mol. The standard InChI is InChI=1S/C11H17.Ti/c1-6-11-9(4)7(2)8(3)10(11)5;/h6H2,1-5H3;/q-1;. The largest absolute Gasteiger partial charge is 0.196 e. The molecule has 0 aliphatic rings. The molecule has 0 spiro atoms. The Kier molecular flexibility index (Phi) is 4.37. The summed E-state index contributed by atoms with van der Waals surface area (Å²) in [6.45, 7) is 11.1. The zero-order valence-corrected chi connectivity index (χ0v) is 10.3. The minimum atomic E-state index is 0. The Balaban J connectivity index is 0.00000121. The van der Waals surface area contributed by atoms with E-state index in [2.05, 4.69) is 34.6 Å². The molecule has 0 aliphatic carbocycles. The van der Waals surface area contributed by atoms with Crippen LogP contribution in [0.15, 0.2) is 0 Å². The molecule has 1 aromatic carbocycles. The van der Waals surface area contributed by atoms with Crippen LogP contribution >= 0.6 is 0 Å². The van der Waals surface area contributed by atoms with Gasteiger partial charge in [-0.05, 0) is 0 Å². The maximum absolute atomic E-state index is 2.23. The van der Waals surface area contributed by atoms with Gasteiger partial charge in [0.15, 0.2) is 0 Å². The summed E-state index contributed by atoms with van der Waals surface area (Å²) in [6, 6.07) is 0. The van der Waals surface area contributed by atoms with Gasteiger partial charge in [-0.1, -0.05) is 41.0 Å². The smallest absolute Gasteiger partial charge is 0 e. The predicted molar refractivity (Wildman–Crippen MR) is 50.4 cm³/mol. The van der Waals surface area contributed by atoms with Gasteiger partial charge in [0.2, 0.25) is 0 Å². The average molecular weight is 197 g/mol. The first-order chi connectivity index (χ1) is 5.09. The van der Waals surface area contributed by atoms with Crippen molar-refractivity contribution in [2.24, 2.45) is 0 Å². The first-order valence-electron chi connectivity index (χ1n) is 4.31. The van der Waals surface area contributed by atoms with Crippen LogP contribution < -0.4 is 0 Å². The topological polar surface area (TPSA) is 0 Å². The molecule has 0 heterocycles. The van der Waals surface area contributed by atoms with Crippen molar-refractivity contribution < 1.29 is 21.7 Å². The van der Waals surface area contributed by atoms with Gasteiger partial charge in [-0.3, -0.25) is 0 Å². The molecule has 0 fully saturated rings. The molecule has 0 atom stereocenters. The van der Waals surface area contributed by atoms with Crippen LogP contribution in [0.4, 0.5) is 0 Å². The van der Waals surface area contributed by atoms with Crippen LogP contribution in [0.5, 0.6) is 0 Å². The Hall–Kier alpha value is 0.0643. The van der Waals surface area contributed by atoms with Crippen LogP contribution in [0.25, 0.3) is 0 Å². The molecule has 0 amide bonds. The molecule has 1 aromatic rings. The fourth-order valence-corrected chi connectivity index (χ4v) is 1.83. The molecule has 0 bridgehead atoms. The zero-order valence-electron chi connectivity index (χ0n) is 8.71. The average Bonchev–Trinajstić information content (AvgIpc) is 2.17. The van der Waals surface area contributed by atoms with Gasteiger partial charge in [0.1, 0.15) is 0 Å². The molecule has 0 aliphatic heterocycles. The summed E-state index contributed by atoms with van der Waals surface area (Å²) < 4.78 is 0. The van der Waals surface area contributed by atoms with E-state index in [-0.39, 0.29) is 21.7 Å². The third-order valence-electron chi connectivity index (χ3n) is 2.95. The molecule has 66 valence electrons. The van der Waals surface area contributed by atoms with Gasteiger partial charge < -0.3 is 0 Å². The second-order valence-electron chi connectivity index (χ2n) is 3.33. The SMILES string of the molecule is CCc1c(C)c(C)c(C)[c-]1C.[Ti]. The van der Waals surface area contributed by atoms with E-state index < -0.39 is 0 Å². The summed E-state index contributed by atoms with van der Waals surface area (Å²) in [6.07, 6.45) is 1.17. The quantitative estimate of drug-likeness (QED) is 0.479. The molecule has 0 saturated heterocycles.